The zero-order valence-electron chi connectivity index (χ0n) is 36.1. The monoisotopic (exact) mass is 876 g/mol. The largest absolute Gasteiger partial charge is 0.466 e. The van der Waals surface area contributed by atoms with Gasteiger partial charge in [0.1, 0.15) is 5.78 Å². The predicted molar refractivity (Wildman–Crippen MR) is 244 cm³/mol. The molecule has 9 saturated heterocycles. The second kappa shape index (κ2) is 36.0. The summed E-state index contributed by atoms with van der Waals surface area (Å²) in [6.07, 6.45) is 18.0. The molecule has 9 aliphatic rings. The third-order valence-electron chi connectivity index (χ3n) is 9.53. The summed E-state index contributed by atoms with van der Waals surface area (Å²) < 4.78 is 38.4. The maximum absolute atomic E-state index is 10.9. The molecule has 0 radical (unpaired) electrons. The lowest BCUT2D eigenvalue weighted by atomic mass is 10.2. The summed E-state index contributed by atoms with van der Waals surface area (Å²) in [5, 5.41) is 24.3. The molecule has 0 bridgehead atoms. The molecule has 0 saturated carbocycles. The minimum atomic E-state index is -2.80. The van der Waals surface area contributed by atoms with Crippen molar-refractivity contribution in [2.75, 3.05) is 109 Å². The standard InChI is InChI=1S/C6H11NO.C5H10N2.C5H9N.2C5H11N.C5H10OS.C4H6O2.C3H6N2O.C3H7NO2S/c8-6-2-1-4-7-5-3-6;1-5-4-6-2-3-7-5;1-5-3-2-4-6-5;2*1-2-4-6-5-3-1;1-7(6)4-2-3-5-7;5-4-2-1-3-6-4;6-3-4-1-2-5-3;5-7(6)3-1-2-4-7/h7H,1-5H2;6-7H,1-4H2;6H,1-4H2;2*6H,1-5H2;1-5H2;1-3H2;1-2H2,(H2,4,5,6);4H,1-3H2. The number of allylic oxidation sites excluding steroid dienone is 1. The zero-order chi connectivity index (χ0) is 43.3. The predicted octanol–water partition coefficient (Wildman–Crippen LogP) is 1.85. The third-order valence-corrected chi connectivity index (χ3v) is 13.1. The van der Waals surface area contributed by atoms with E-state index in [9.17, 15) is 27.0 Å². The van der Waals surface area contributed by atoms with E-state index >= 15 is 0 Å². The van der Waals surface area contributed by atoms with Crippen molar-refractivity contribution in [3.8, 4) is 0 Å². The number of rotatable bonds is 0. The molecule has 0 atom stereocenters. The Kier molecular flexibility index (Phi) is 33.1. The number of piperidine rings is 2. The maximum Gasteiger partial charge on any atom is 0.314 e. The number of carbonyl (C=O) groups excluding carboxylic acids is 3. The van der Waals surface area contributed by atoms with Crippen molar-refractivity contribution in [3.05, 3.63) is 24.6 Å². The average molecular weight is 876 g/mol. The van der Waals surface area contributed by atoms with E-state index in [-0.39, 0.29) is 12.0 Å². The van der Waals surface area contributed by atoms with Crippen LogP contribution in [0.4, 0.5) is 4.79 Å². The molecule has 0 aromatic rings. The van der Waals surface area contributed by atoms with Crippen LogP contribution in [-0.2, 0) is 33.9 Å². The number of urea groups is 1. The van der Waals surface area contributed by atoms with Crippen LogP contribution in [0.1, 0.15) is 103 Å². The molecule has 0 unspecified atom stereocenters. The fourth-order valence-corrected chi connectivity index (χ4v) is 8.85. The summed E-state index contributed by atoms with van der Waals surface area (Å²) in [7, 11) is -4.34. The van der Waals surface area contributed by atoms with Crippen molar-refractivity contribution in [2.45, 2.75) is 103 Å². The van der Waals surface area contributed by atoms with Gasteiger partial charge in [-0.05, 0) is 119 Å². The highest BCUT2D eigenvalue weighted by Gasteiger charge is 2.15. The van der Waals surface area contributed by atoms with Crippen LogP contribution in [0.5, 0.6) is 0 Å². The van der Waals surface area contributed by atoms with Gasteiger partial charge in [0.05, 0.1) is 12.4 Å². The van der Waals surface area contributed by atoms with Crippen LogP contribution >= 0.6 is 0 Å². The molecule has 0 aromatic heterocycles. The Balaban J connectivity index is 0.000000332. The van der Waals surface area contributed by atoms with Crippen LogP contribution < -0.4 is 47.3 Å². The molecule has 344 valence electrons. The van der Waals surface area contributed by atoms with Gasteiger partial charge in [-0.15, -0.1) is 0 Å². The van der Waals surface area contributed by atoms with Crippen molar-refractivity contribution in [3.63, 3.8) is 0 Å². The molecule has 0 aromatic carbocycles. The number of cyclic esters (lactones) is 1. The molecular formula is C41H81N9O7S2. The number of nitrogens with one attached hydrogen (secondary N) is 9. The normalized spacial score (nSPS) is 23.4. The Morgan fingerprint density at radius 2 is 1.02 bits per heavy atom. The molecule has 9 fully saturated rings. The van der Waals surface area contributed by atoms with Gasteiger partial charge in [0.25, 0.3) is 0 Å². The van der Waals surface area contributed by atoms with Crippen molar-refractivity contribution in [1.29, 1.82) is 0 Å². The first-order valence-electron chi connectivity index (χ1n) is 22.0. The van der Waals surface area contributed by atoms with Crippen molar-refractivity contribution in [1.82, 2.24) is 47.3 Å². The highest BCUT2D eigenvalue weighted by atomic mass is 32.2. The highest BCUT2D eigenvalue weighted by molar-refractivity contribution is 8.00. The van der Waals surface area contributed by atoms with E-state index in [0.29, 0.717) is 31.1 Å². The Bertz CT molecular complexity index is 1190. The molecule has 9 rings (SSSR count). The number of ether oxygens (including phenoxy) is 1. The van der Waals surface area contributed by atoms with E-state index < -0.39 is 19.5 Å². The molecule has 9 N–H and O–H groups in total. The first-order valence-corrected chi connectivity index (χ1v) is 25.8. The van der Waals surface area contributed by atoms with Gasteiger partial charge in [0.15, 0.2) is 0 Å². The maximum atomic E-state index is 10.9. The van der Waals surface area contributed by atoms with E-state index in [0.717, 1.165) is 115 Å². The Morgan fingerprint density at radius 3 is 1.27 bits per heavy atom. The van der Waals surface area contributed by atoms with Crippen molar-refractivity contribution >= 4 is 43.2 Å². The number of sulfonamides is 1. The minimum absolute atomic E-state index is 0.0463. The van der Waals surface area contributed by atoms with E-state index in [1.165, 1.54) is 83.2 Å². The number of carbonyl (C=O) groups is 3. The van der Waals surface area contributed by atoms with Crippen LogP contribution in [0.3, 0.4) is 0 Å². The summed E-state index contributed by atoms with van der Waals surface area (Å²) in [6.45, 7) is 21.4. The molecule has 9 heterocycles. The SMILES string of the molecule is C1CCNCC1.C1CCNCC1.C=C1CCCN1.C=C1CNCCN1.C=S1(=O)CCCC1.O=C1CCCNCC1.O=C1CCCO1.O=C1NCCN1.O=S1(=O)CCCN1. The van der Waals surface area contributed by atoms with Crippen LogP contribution in [0.25, 0.3) is 0 Å². The van der Waals surface area contributed by atoms with E-state index in [1.54, 1.807) is 0 Å². The van der Waals surface area contributed by atoms with Crippen LogP contribution in [0.2, 0.25) is 0 Å². The molecule has 0 spiro atoms. The van der Waals surface area contributed by atoms with Gasteiger partial charge in [-0.3, -0.25) is 13.8 Å². The van der Waals surface area contributed by atoms with Crippen LogP contribution in [-0.4, -0.2) is 145 Å². The molecule has 0 aliphatic carbocycles. The summed E-state index contributed by atoms with van der Waals surface area (Å²) in [4.78, 5) is 30.7. The number of ketones is 1. The van der Waals surface area contributed by atoms with E-state index in [2.05, 4.69) is 71.0 Å². The Hall–Kier alpha value is -2.74. The van der Waals surface area contributed by atoms with Crippen molar-refractivity contribution in [2.24, 2.45) is 0 Å². The Morgan fingerprint density at radius 1 is 0.458 bits per heavy atom. The molecule has 2 amide bonds. The quantitative estimate of drug-likeness (QED) is 0.126. The summed E-state index contributed by atoms with van der Waals surface area (Å²) in [6, 6.07) is -0.0463. The topological polar surface area (TPSA) is 220 Å². The van der Waals surface area contributed by atoms with E-state index in [1.807, 2.05) is 0 Å². The van der Waals surface area contributed by atoms with Crippen LogP contribution in [0.15, 0.2) is 24.6 Å². The van der Waals surface area contributed by atoms with Gasteiger partial charge in [0, 0.05) is 94.5 Å². The summed E-state index contributed by atoms with van der Waals surface area (Å²) >= 11 is 0. The molecule has 16 nitrogen and oxygen atoms in total. The fraction of sp³-hybridized carbons (Fsp3) is 0.805. The van der Waals surface area contributed by atoms with Gasteiger partial charge < -0.3 is 47.3 Å². The number of hydrogen-bond donors (Lipinski definition) is 9. The number of hydrogen-bond acceptors (Lipinski definition) is 13. The van der Waals surface area contributed by atoms with Gasteiger partial charge >= 0.3 is 12.0 Å². The lowest BCUT2D eigenvalue weighted by Crippen LogP contribution is -2.37. The molecule has 9 aliphatic heterocycles. The first-order chi connectivity index (χ1) is 28.4. The lowest BCUT2D eigenvalue weighted by molar-refractivity contribution is -0.138. The van der Waals surface area contributed by atoms with Crippen LogP contribution in [0, 0.1) is 0 Å². The van der Waals surface area contributed by atoms with Crippen molar-refractivity contribution < 1.29 is 31.7 Å². The fourth-order valence-electron chi connectivity index (χ4n) is 6.06. The van der Waals surface area contributed by atoms with E-state index in [4.69, 9.17) is 0 Å². The molecule has 18 heteroatoms. The second-order valence-electron chi connectivity index (χ2n) is 15.3. The molecular weight excluding hydrogens is 795 g/mol. The average Bonchev–Trinajstić information content (AvgIpc) is 4.12. The summed E-state index contributed by atoms with van der Waals surface area (Å²) in [5.41, 5.74) is 2.31. The second-order valence-corrected chi connectivity index (χ2v) is 19.9. The Labute approximate surface area is 357 Å². The minimum Gasteiger partial charge on any atom is -0.466 e. The number of Topliss-reactive ketones (excluding diaryl/α,β-unsaturated/α-hetero) is 1. The first kappa shape index (κ1) is 54.3. The van der Waals surface area contributed by atoms with Gasteiger partial charge in [-0.1, -0.05) is 26.0 Å². The van der Waals surface area contributed by atoms with Gasteiger partial charge in [-0.2, -0.15) is 0 Å². The number of piperazine rings is 1. The zero-order valence-corrected chi connectivity index (χ0v) is 37.8. The third kappa shape index (κ3) is 36.8. The van der Waals surface area contributed by atoms with Gasteiger partial charge in [-0.25, -0.2) is 17.9 Å². The van der Waals surface area contributed by atoms with Gasteiger partial charge in [0.2, 0.25) is 10.0 Å². The number of amides is 2. The smallest absolute Gasteiger partial charge is 0.314 e. The summed E-state index contributed by atoms with van der Waals surface area (Å²) in [5.74, 6) is 6.01. The lowest BCUT2D eigenvalue weighted by Gasteiger charge is -2.15. The molecule has 59 heavy (non-hydrogen) atoms. The number of esters is 1. The highest BCUT2D eigenvalue weighted by Crippen LogP contribution is 2.08.